The van der Waals surface area contributed by atoms with Crippen LogP contribution in [0.1, 0.15) is 12.0 Å². The minimum atomic E-state index is -3.59. The lowest BCUT2D eigenvalue weighted by atomic mass is 10.2. The molecule has 1 aromatic heterocycles. The Morgan fingerprint density at radius 3 is 2.36 bits per heavy atom. The van der Waals surface area contributed by atoms with Gasteiger partial charge < -0.3 is 4.74 Å². The molecule has 7 nitrogen and oxygen atoms in total. The molecule has 25 heavy (non-hydrogen) atoms. The average molecular weight is 358 g/mol. The Bertz CT molecular complexity index is 896. The molecule has 0 fully saturated rings. The molecule has 130 valence electrons. The Balaban J connectivity index is 1.57. The summed E-state index contributed by atoms with van der Waals surface area (Å²) in [5, 5.41) is 10.8. The minimum Gasteiger partial charge on any atom is -0.377 e. The van der Waals surface area contributed by atoms with E-state index in [1.54, 1.807) is 24.3 Å². The summed E-state index contributed by atoms with van der Waals surface area (Å²) in [6.07, 6.45) is 0.372. The molecule has 0 amide bonds. The molecule has 0 radical (unpaired) electrons. The van der Waals surface area contributed by atoms with Crippen molar-refractivity contribution in [1.82, 2.24) is 20.2 Å². The third-order valence-electron chi connectivity index (χ3n) is 3.53. The quantitative estimate of drug-likeness (QED) is 0.573. The summed E-state index contributed by atoms with van der Waals surface area (Å²) in [6.45, 7) is 0.809. The van der Waals surface area contributed by atoms with E-state index in [2.05, 4.69) is 15.5 Å². The predicted molar refractivity (Wildman–Crippen MR) is 91.9 cm³/mol. The van der Waals surface area contributed by atoms with Crippen LogP contribution in [0.15, 0.2) is 65.8 Å². The molecule has 0 N–H and O–H groups in total. The second-order valence-corrected chi connectivity index (χ2v) is 7.42. The third-order valence-corrected chi connectivity index (χ3v) is 5.17. The number of sulfone groups is 1. The van der Waals surface area contributed by atoms with Gasteiger partial charge in [0.25, 0.3) is 5.16 Å². The first kappa shape index (κ1) is 17.2. The number of benzene rings is 2. The Morgan fingerprint density at radius 2 is 1.64 bits per heavy atom. The van der Waals surface area contributed by atoms with Crippen molar-refractivity contribution in [2.75, 3.05) is 12.4 Å². The summed E-state index contributed by atoms with van der Waals surface area (Å²) in [5.74, 6) is -0.0744. The average Bonchev–Trinajstić information content (AvgIpc) is 3.14. The number of hydrogen-bond donors (Lipinski definition) is 0. The Hall–Kier alpha value is -2.58. The number of para-hydroxylation sites is 1. The number of ether oxygens (including phenoxy) is 1. The lowest BCUT2D eigenvalue weighted by Crippen LogP contribution is -2.15. The van der Waals surface area contributed by atoms with Crippen LogP contribution in [0.2, 0.25) is 0 Å². The predicted octanol–water partition coefficient (Wildman–Crippen LogP) is 2.04. The second-order valence-electron chi connectivity index (χ2n) is 5.42. The fourth-order valence-electron chi connectivity index (χ4n) is 2.31. The van der Waals surface area contributed by atoms with Crippen molar-refractivity contribution in [3.8, 4) is 5.69 Å². The van der Waals surface area contributed by atoms with Crippen LogP contribution < -0.4 is 0 Å². The fraction of sp³-hybridized carbons (Fsp3) is 0.235. The smallest absolute Gasteiger partial charge is 0.272 e. The van der Waals surface area contributed by atoms with Crippen molar-refractivity contribution >= 4 is 9.84 Å². The van der Waals surface area contributed by atoms with E-state index in [9.17, 15) is 8.42 Å². The highest BCUT2D eigenvalue weighted by Gasteiger charge is 2.23. The Labute approximate surface area is 146 Å². The van der Waals surface area contributed by atoms with Gasteiger partial charge >= 0.3 is 0 Å². The van der Waals surface area contributed by atoms with Crippen molar-refractivity contribution in [2.24, 2.45) is 0 Å². The number of hydrogen-bond acceptors (Lipinski definition) is 6. The minimum absolute atomic E-state index is 0.0744. The van der Waals surface area contributed by atoms with Gasteiger partial charge in [-0.05, 0) is 34.5 Å². The number of nitrogens with zero attached hydrogens (tertiary/aromatic N) is 4. The second kappa shape index (κ2) is 8.00. The van der Waals surface area contributed by atoms with Gasteiger partial charge in [0.1, 0.15) is 0 Å². The van der Waals surface area contributed by atoms with Crippen molar-refractivity contribution < 1.29 is 13.2 Å². The molecular weight excluding hydrogens is 340 g/mol. The highest BCUT2D eigenvalue weighted by molar-refractivity contribution is 7.91. The third kappa shape index (κ3) is 4.49. The molecule has 3 rings (SSSR count). The van der Waals surface area contributed by atoms with E-state index in [1.807, 2.05) is 36.4 Å². The number of aromatic nitrogens is 4. The van der Waals surface area contributed by atoms with E-state index in [0.717, 1.165) is 5.56 Å². The van der Waals surface area contributed by atoms with E-state index < -0.39 is 9.84 Å². The van der Waals surface area contributed by atoms with Gasteiger partial charge in [-0.25, -0.2) is 8.42 Å². The first-order valence-corrected chi connectivity index (χ1v) is 9.50. The number of tetrazole rings is 1. The zero-order valence-corrected chi connectivity index (χ0v) is 14.3. The van der Waals surface area contributed by atoms with Crippen LogP contribution >= 0.6 is 0 Å². The zero-order valence-electron chi connectivity index (χ0n) is 13.5. The van der Waals surface area contributed by atoms with Crippen molar-refractivity contribution in [3.05, 3.63) is 66.2 Å². The Kier molecular flexibility index (Phi) is 5.52. The zero-order chi connectivity index (χ0) is 17.5. The van der Waals surface area contributed by atoms with Crippen LogP contribution in [-0.4, -0.2) is 41.0 Å². The van der Waals surface area contributed by atoms with Gasteiger partial charge in [0, 0.05) is 6.61 Å². The lowest BCUT2D eigenvalue weighted by Gasteiger charge is -2.06. The van der Waals surface area contributed by atoms with Gasteiger partial charge in [-0.3, -0.25) is 0 Å². The van der Waals surface area contributed by atoms with Crippen LogP contribution in [0.25, 0.3) is 5.69 Å². The van der Waals surface area contributed by atoms with E-state index in [-0.39, 0.29) is 10.9 Å². The highest BCUT2D eigenvalue weighted by atomic mass is 32.2. The number of rotatable bonds is 8. The summed E-state index contributed by atoms with van der Waals surface area (Å²) in [5.41, 5.74) is 1.66. The maximum atomic E-state index is 12.5. The van der Waals surface area contributed by atoms with Crippen LogP contribution in [-0.2, 0) is 21.2 Å². The summed E-state index contributed by atoms with van der Waals surface area (Å²) in [7, 11) is -3.59. The SMILES string of the molecule is O=S(=O)(CCCOCc1ccccc1)c1nnnn1-c1ccccc1. The first-order chi connectivity index (χ1) is 12.2. The topological polar surface area (TPSA) is 87.0 Å². The monoisotopic (exact) mass is 358 g/mol. The maximum Gasteiger partial charge on any atom is 0.272 e. The van der Waals surface area contributed by atoms with Crippen molar-refractivity contribution in [3.63, 3.8) is 0 Å². The van der Waals surface area contributed by atoms with Crippen LogP contribution in [0, 0.1) is 0 Å². The molecule has 0 aliphatic heterocycles. The molecule has 0 bridgehead atoms. The molecule has 0 spiro atoms. The standard InChI is InChI=1S/C17H18N4O3S/c22-25(23,13-7-12-24-14-15-8-3-1-4-9-15)17-18-19-20-21(17)16-10-5-2-6-11-16/h1-6,8-11H,7,12-14H2. The van der Waals surface area contributed by atoms with E-state index in [4.69, 9.17) is 4.74 Å². The summed E-state index contributed by atoms with van der Waals surface area (Å²) < 4.78 is 31.8. The molecule has 0 aliphatic rings. The lowest BCUT2D eigenvalue weighted by molar-refractivity contribution is 0.122. The van der Waals surface area contributed by atoms with Gasteiger partial charge in [0.15, 0.2) is 0 Å². The van der Waals surface area contributed by atoms with Crippen LogP contribution in [0.5, 0.6) is 0 Å². The molecular formula is C17H18N4O3S. The fourth-order valence-corrected chi connectivity index (χ4v) is 3.56. The maximum absolute atomic E-state index is 12.5. The van der Waals surface area contributed by atoms with Gasteiger partial charge in [-0.1, -0.05) is 53.6 Å². The molecule has 0 saturated carbocycles. The molecule has 3 aromatic rings. The van der Waals surface area contributed by atoms with Crippen molar-refractivity contribution in [1.29, 1.82) is 0 Å². The van der Waals surface area contributed by atoms with Gasteiger partial charge in [-0.15, -0.1) is 0 Å². The Morgan fingerprint density at radius 1 is 0.960 bits per heavy atom. The molecule has 0 aliphatic carbocycles. The summed E-state index contributed by atoms with van der Waals surface area (Å²) in [4.78, 5) is 0. The molecule has 0 atom stereocenters. The summed E-state index contributed by atoms with van der Waals surface area (Å²) in [6, 6.07) is 18.7. The van der Waals surface area contributed by atoms with Crippen molar-refractivity contribution in [2.45, 2.75) is 18.2 Å². The van der Waals surface area contributed by atoms with Gasteiger partial charge in [-0.2, -0.15) is 4.68 Å². The van der Waals surface area contributed by atoms with Gasteiger partial charge in [0.2, 0.25) is 9.84 Å². The molecule has 8 heteroatoms. The molecule has 2 aromatic carbocycles. The van der Waals surface area contributed by atoms with E-state index in [1.165, 1.54) is 4.68 Å². The van der Waals surface area contributed by atoms with E-state index in [0.29, 0.717) is 25.3 Å². The highest BCUT2D eigenvalue weighted by Crippen LogP contribution is 2.13. The molecule has 1 heterocycles. The summed E-state index contributed by atoms with van der Waals surface area (Å²) >= 11 is 0. The van der Waals surface area contributed by atoms with Crippen LogP contribution in [0.4, 0.5) is 0 Å². The molecule has 0 saturated heterocycles. The largest absolute Gasteiger partial charge is 0.377 e. The van der Waals surface area contributed by atoms with Crippen LogP contribution in [0.3, 0.4) is 0 Å². The molecule has 0 unspecified atom stereocenters. The first-order valence-electron chi connectivity index (χ1n) is 7.85. The van der Waals surface area contributed by atoms with Gasteiger partial charge in [0.05, 0.1) is 18.0 Å². The van der Waals surface area contributed by atoms with E-state index >= 15 is 0 Å². The normalized spacial score (nSPS) is 11.5.